The summed E-state index contributed by atoms with van der Waals surface area (Å²) in [7, 11) is 0. The Morgan fingerprint density at radius 3 is 2.52 bits per heavy atom. The maximum absolute atomic E-state index is 13.2. The topological polar surface area (TPSA) is 49.3 Å². The van der Waals surface area contributed by atoms with Crippen molar-refractivity contribution in [2.75, 3.05) is 31.1 Å². The molecule has 1 atom stereocenters. The van der Waals surface area contributed by atoms with Gasteiger partial charge in [0.05, 0.1) is 5.39 Å². The van der Waals surface area contributed by atoms with Crippen molar-refractivity contribution >= 4 is 33.3 Å². The first-order valence-corrected chi connectivity index (χ1v) is 13.0. The van der Waals surface area contributed by atoms with Crippen LogP contribution in [0, 0.1) is 5.82 Å². The van der Waals surface area contributed by atoms with Gasteiger partial charge in [-0.3, -0.25) is 4.79 Å². The summed E-state index contributed by atoms with van der Waals surface area (Å²) in [6.45, 7) is 7.12. The van der Waals surface area contributed by atoms with Crippen molar-refractivity contribution in [3.63, 3.8) is 0 Å². The number of anilines is 1. The zero-order chi connectivity index (χ0) is 22.9. The molecule has 3 heterocycles. The Morgan fingerprint density at radius 2 is 1.79 bits per heavy atom. The van der Waals surface area contributed by atoms with Crippen LogP contribution in [0.5, 0.6) is 0 Å². The molecule has 1 amide bonds. The molecule has 1 unspecified atom stereocenters. The van der Waals surface area contributed by atoms with Crippen molar-refractivity contribution in [1.29, 1.82) is 0 Å². The minimum absolute atomic E-state index is 0.0350. The Bertz CT molecular complexity index is 1150. The lowest BCUT2D eigenvalue weighted by Gasteiger charge is -2.36. The van der Waals surface area contributed by atoms with Gasteiger partial charge in [0.25, 0.3) is 5.91 Å². The summed E-state index contributed by atoms with van der Waals surface area (Å²) in [5.41, 5.74) is 2.00. The number of carbonyl (C=O) groups is 1. The van der Waals surface area contributed by atoms with E-state index in [0.29, 0.717) is 24.6 Å². The van der Waals surface area contributed by atoms with Gasteiger partial charge in [-0.05, 0) is 61.9 Å². The van der Waals surface area contributed by atoms with Crippen molar-refractivity contribution in [2.24, 2.45) is 0 Å². The fraction of sp³-hybridized carbons (Fsp3) is 0.500. The van der Waals surface area contributed by atoms with Gasteiger partial charge in [0, 0.05) is 42.5 Å². The smallest absolute Gasteiger partial charge is 0.253 e. The highest BCUT2D eigenvalue weighted by Crippen LogP contribution is 2.40. The molecule has 0 saturated carbocycles. The molecule has 1 aliphatic carbocycles. The number of hydrogen-bond donors (Lipinski definition) is 0. The number of carbonyl (C=O) groups excluding carboxylic acids is 1. The van der Waals surface area contributed by atoms with Gasteiger partial charge in [-0.25, -0.2) is 14.4 Å². The molecular weight excluding hydrogens is 435 g/mol. The second-order valence-corrected chi connectivity index (χ2v) is 10.3. The number of aromatic nitrogens is 2. The molecule has 0 N–H and O–H groups in total. The first-order chi connectivity index (χ1) is 16.0. The SMILES string of the molecule is CCC(C)c1nc(N2CCN(C(=O)c3ccc(F)cc3)CC2)c2c3c(sc2n1)CCCCC3. The zero-order valence-corrected chi connectivity index (χ0v) is 20.3. The molecule has 7 heteroatoms. The van der Waals surface area contributed by atoms with E-state index in [2.05, 4.69) is 18.7 Å². The lowest BCUT2D eigenvalue weighted by atomic mass is 10.1. The van der Waals surface area contributed by atoms with E-state index in [1.54, 1.807) is 12.1 Å². The predicted molar refractivity (Wildman–Crippen MR) is 132 cm³/mol. The zero-order valence-electron chi connectivity index (χ0n) is 19.4. The molecule has 0 spiro atoms. The first kappa shape index (κ1) is 22.3. The molecular formula is C26H31FN4OS. The van der Waals surface area contributed by atoms with Gasteiger partial charge < -0.3 is 9.80 Å². The summed E-state index contributed by atoms with van der Waals surface area (Å²) >= 11 is 1.86. The van der Waals surface area contributed by atoms with Gasteiger partial charge in [-0.15, -0.1) is 11.3 Å². The molecule has 2 aliphatic rings. The Hall–Kier alpha value is -2.54. The fourth-order valence-electron chi connectivity index (χ4n) is 4.86. The van der Waals surface area contributed by atoms with Crippen LogP contribution in [-0.2, 0) is 12.8 Å². The van der Waals surface area contributed by atoms with Gasteiger partial charge >= 0.3 is 0 Å². The summed E-state index contributed by atoms with van der Waals surface area (Å²) in [5, 5.41) is 1.25. The van der Waals surface area contributed by atoms with Gasteiger partial charge in [0.2, 0.25) is 0 Å². The molecule has 2 aromatic heterocycles. The van der Waals surface area contributed by atoms with E-state index in [0.717, 1.165) is 48.8 Å². The standard InChI is InChI=1S/C26H31FN4OS/c1-3-17(2)23-28-24(22-20-7-5-4-6-8-21(20)33-25(22)29-23)30-13-15-31(16-14-30)26(32)18-9-11-19(27)12-10-18/h9-12,17H,3-8,13-16H2,1-2H3. The van der Waals surface area contributed by atoms with Gasteiger partial charge in [0.1, 0.15) is 22.3 Å². The highest BCUT2D eigenvalue weighted by atomic mass is 32.1. The van der Waals surface area contributed by atoms with Crippen LogP contribution in [0.3, 0.4) is 0 Å². The second kappa shape index (κ2) is 9.37. The quantitative estimate of drug-likeness (QED) is 0.471. The number of halogens is 1. The number of aryl methyl sites for hydroxylation is 2. The number of benzene rings is 1. The minimum atomic E-state index is -0.323. The Morgan fingerprint density at radius 1 is 1.06 bits per heavy atom. The molecule has 1 saturated heterocycles. The summed E-state index contributed by atoms with van der Waals surface area (Å²) in [4.78, 5) is 29.9. The van der Waals surface area contributed by atoms with Crippen LogP contribution in [0.2, 0.25) is 0 Å². The lowest BCUT2D eigenvalue weighted by molar-refractivity contribution is 0.0746. The summed E-state index contributed by atoms with van der Waals surface area (Å²) in [6.07, 6.45) is 7.03. The van der Waals surface area contributed by atoms with Gasteiger partial charge in [-0.1, -0.05) is 20.3 Å². The van der Waals surface area contributed by atoms with Crippen LogP contribution < -0.4 is 4.90 Å². The largest absolute Gasteiger partial charge is 0.352 e. The average Bonchev–Trinajstić information content (AvgIpc) is 3.03. The summed E-state index contributed by atoms with van der Waals surface area (Å²) < 4.78 is 13.2. The fourth-order valence-corrected chi connectivity index (χ4v) is 6.12. The number of nitrogens with zero attached hydrogens (tertiary/aromatic N) is 4. The van der Waals surface area contributed by atoms with E-state index in [-0.39, 0.29) is 11.7 Å². The maximum Gasteiger partial charge on any atom is 0.253 e. The monoisotopic (exact) mass is 466 g/mol. The molecule has 1 aromatic carbocycles. The Balaban J connectivity index is 1.44. The average molecular weight is 467 g/mol. The third-order valence-corrected chi connectivity index (χ3v) is 8.26. The molecule has 3 aromatic rings. The number of thiophene rings is 1. The molecule has 5 rings (SSSR count). The van der Waals surface area contributed by atoms with Gasteiger partial charge in [0.15, 0.2) is 0 Å². The van der Waals surface area contributed by atoms with E-state index in [4.69, 9.17) is 9.97 Å². The molecule has 5 nitrogen and oxygen atoms in total. The van der Waals surface area contributed by atoms with Crippen molar-refractivity contribution in [3.05, 3.63) is 51.9 Å². The number of amides is 1. The lowest BCUT2D eigenvalue weighted by Crippen LogP contribution is -2.49. The van der Waals surface area contributed by atoms with E-state index < -0.39 is 0 Å². The molecule has 0 bridgehead atoms. The summed E-state index contributed by atoms with van der Waals surface area (Å²) in [6, 6.07) is 5.83. The van der Waals surface area contributed by atoms with E-state index >= 15 is 0 Å². The number of rotatable bonds is 4. The minimum Gasteiger partial charge on any atom is -0.352 e. The van der Waals surface area contributed by atoms with Gasteiger partial charge in [-0.2, -0.15) is 0 Å². The normalized spacial score (nSPS) is 17.7. The summed E-state index contributed by atoms with van der Waals surface area (Å²) in [5.74, 6) is 1.95. The van der Waals surface area contributed by atoms with Crippen LogP contribution in [0.25, 0.3) is 10.2 Å². The Kier molecular flexibility index (Phi) is 6.32. The third kappa shape index (κ3) is 4.35. The van der Waals surface area contributed by atoms with E-state index in [9.17, 15) is 9.18 Å². The number of hydrogen-bond acceptors (Lipinski definition) is 5. The van der Waals surface area contributed by atoms with Crippen molar-refractivity contribution in [1.82, 2.24) is 14.9 Å². The number of piperazine rings is 1. The van der Waals surface area contributed by atoms with Crippen LogP contribution in [-0.4, -0.2) is 47.0 Å². The molecule has 1 aliphatic heterocycles. The van der Waals surface area contributed by atoms with Crippen molar-refractivity contribution in [2.45, 2.75) is 58.3 Å². The molecule has 1 fully saturated rings. The molecule has 33 heavy (non-hydrogen) atoms. The third-order valence-electron chi connectivity index (χ3n) is 7.07. The van der Waals surface area contributed by atoms with E-state index in [1.165, 1.54) is 47.2 Å². The molecule has 0 radical (unpaired) electrons. The predicted octanol–water partition coefficient (Wildman–Crippen LogP) is 5.58. The van der Waals surface area contributed by atoms with Crippen molar-refractivity contribution in [3.8, 4) is 0 Å². The number of fused-ring (bicyclic) bond motifs is 3. The highest BCUT2D eigenvalue weighted by molar-refractivity contribution is 7.19. The highest BCUT2D eigenvalue weighted by Gasteiger charge is 2.28. The first-order valence-electron chi connectivity index (χ1n) is 12.2. The second-order valence-electron chi connectivity index (χ2n) is 9.25. The molecule has 174 valence electrons. The van der Waals surface area contributed by atoms with Crippen LogP contribution in [0.4, 0.5) is 10.2 Å². The van der Waals surface area contributed by atoms with Crippen LogP contribution in [0.1, 0.15) is 72.1 Å². The van der Waals surface area contributed by atoms with Crippen LogP contribution in [0.15, 0.2) is 24.3 Å². The Labute approximate surface area is 198 Å². The van der Waals surface area contributed by atoms with Crippen molar-refractivity contribution < 1.29 is 9.18 Å². The van der Waals surface area contributed by atoms with E-state index in [1.807, 2.05) is 16.2 Å². The maximum atomic E-state index is 13.2. The van der Waals surface area contributed by atoms with Crippen LogP contribution >= 0.6 is 11.3 Å².